The van der Waals surface area contributed by atoms with E-state index >= 15 is 0 Å². The van der Waals surface area contributed by atoms with Crippen LogP contribution in [0.1, 0.15) is 84.4 Å². The van der Waals surface area contributed by atoms with Gasteiger partial charge in [0.05, 0.1) is 0 Å². The second-order valence-electron chi connectivity index (χ2n) is 9.94. The Morgan fingerprint density at radius 1 is 1.11 bits per heavy atom. The van der Waals surface area contributed by atoms with Gasteiger partial charge in [0.2, 0.25) is 11.8 Å². The van der Waals surface area contributed by atoms with Crippen molar-refractivity contribution in [3.05, 3.63) is 35.4 Å². The minimum Gasteiger partial charge on any atom is -0.444 e. The van der Waals surface area contributed by atoms with Gasteiger partial charge in [-0.1, -0.05) is 50.1 Å². The molecular weight excluding hydrogens is 462 g/mol. The second-order valence-corrected chi connectivity index (χ2v) is 10.9. The normalized spacial score (nSPS) is 13.9. The number of aryl methyl sites for hydroxylation is 1. The highest BCUT2D eigenvalue weighted by atomic mass is 32.2. The summed E-state index contributed by atoms with van der Waals surface area (Å²) in [5.74, 6) is 0.186. The lowest BCUT2D eigenvalue weighted by molar-refractivity contribution is -0.145. The molecule has 0 aliphatic heterocycles. The monoisotopic (exact) mass is 507 g/mol. The van der Waals surface area contributed by atoms with E-state index in [0.29, 0.717) is 25.1 Å². The van der Waals surface area contributed by atoms with Gasteiger partial charge in [0, 0.05) is 12.6 Å². The lowest BCUT2D eigenvalue weighted by Gasteiger charge is -2.38. The topological polar surface area (TPSA) is 87.7 Å². The van der Waals surface area contributed by atoms with Crippen LogP contribution in [0.3, 0.4) is 0 Å². The first-order chi connectivity index (χ1) is 16.4. The average Bonchev–Trinajstić information content (AvgIpc) is 2.78. The van der Waals surface area contributed by atoms with Crippen molar-refractivity contribution in [1.29, 1.82) is 0 Å². The third kappa shape index (κ3) is 10.5. The maximum Gasteiger partial charge on any atom is 0.408 e. The molecule has 0 aliphatic carbocycles. The largest absolute Gasteiger partial charge is 0.444 e. The molecule has 1 aromatic rings. The fourth-order valence-corrected chi connectivity index (χ4v) is 4.06. The lowest BCUT2D eigenvalue weighted by atomic mass is 9.98. The van der Waals surface area contributed by atoms with Crippen molar-refractivity contribution in [2.24, 2.45) is 0 Å². The molecule has 0 saturated carbocycles. The van der Waals surface area contributed by atoms with Crippen molar-refractivity contribution in [3.63, 3.8) is 0 Å². The van der Waals surface area contributed by atoms with Crippen LogP contribution < -0.4 is 10.6 Å². The van der Waals surface area contributed by atoms with Gasteiger partial charge in [-0.3, -0.25) is 9.59 Å². The molecule has 0 fully saturated rings. The number of thioether (sulfide) groups is 1. The molecule has 0 saturated heterocycles. The van der Waals surface area contributed by atoms with Crippen LogP contribution in [0.5, 0.6) is 0 Å². The van der Waals surface area contributed by atoms with Crippen LogP contribution in [0.2, 0.25) is 0 Å². The first kappa shape index (κ1) is 30.8. The number of carbonyl (C=O) groups excluding carboxylic acids is 3. The van der Waals surface area contributed by atoms with Gasteiger partial charge in [0.15, 0.2) is 0 Å². The Kier molecular flexibility index (Phi) is 13.2. The van der Waals surface area contributed by atoms with Crippen LogP contribution in [0, 0.1) is 6.92 Å². The first-order valence-electron chi connectivity index (χ1n) is 12.6. The molecule has 0 heterocycles. The molecule has 7 nitrogen and oxygen atoms in total. The zero-order valence-electron chi connectivity index (χ0n) is 22.8. The van der Waals surface area contributed by atoms with Crippen LogP contribution in [0.25, 0.3) is 0 Å². The molecule has 0 bridgehead atoms. The summed E-state index contributed by atoms with van der Waals surface area (Å²) in [5, 5.41) is 5.79. The van der Waals surface area contributed by atoms with Crippen molar-refractivity contribution in [3.8, 4) is 0 Å². The minimum atomic E-state index is -0.803. The SMILES string of the molecule is CCCCNC(=O)C(c1ccc(C)cc1)N(C(=O)C(CCSC)NC(=O)OC(C)(C)C)C(C)CC. The van der Waals surface area contributed by atoms with Crippen molar-refractivity contribution >= 4 is 29.7 Å². The number of amides is 3. The number of rotatable bonds is 13. The van der Waals surface area contributed by atoms with E-state index in [-0.39, 0.29) is 17.9 Å². The molecule has 35 heavy (non-hydrogen) atoms. The van der Waals surface area contributed by atoms with E-state index in [1.54, 1.807) is 37.4 Å². The molecule has 1 aromatic carbocycles. The van der Waals surface area contributed by atoms with Gasteiger partial charge in [-0.05, 0) is 71.5 Å². The summed E-state index contributed by atoms with van der Waals surface area (Å²) in [7, 11) is 0. The molecule has 3 atom stereocenters. The number of unbranched alkanes of at least 4 members (excludes halogenated alkanes) is 1. The van der Waals surface area contributed by atoms with Crippen molar-refractivity contribution in [2.45, 2.75) is 97.9 Å². The first-order valence-corrected chi connectivity index (χ1v) is 14.0. The van der Waals surface area contributed by atoms with Crippen LogP contribution in [0.15, 0.2) is 24.3 Å². The zero-order valence-corrected chi connectivity index (χ0v) is 23.6. The van der Waals surface area contributed by atoms with E-state index in [2.05, 4.69) is 17.6 Å². The number of carbonyl (C=O) groups is 3. The van der Waals surface area contributed by atoms with Gasteiger partial charge >= 0.3 is 6.09 Å². The van der Waals surface area contributed by atoms with E-state index in [1.165, 1.54) is 0 Å². The van der Waals surface area contributed by atoms with Gasteiger partial charge in [0.25, 0.3) is 0 Å². The molecule has 198 valence electrons. The quantitative estimate of drug-likeness (QED) is 0.357. The van der Waals surface area contributed by atoms with Crippen LogP contribution >= 0.6 is 11.8 Å². The maximum atomic E-state index is 14.0. The van der Waals surface area contributed by atoms with Crippen LogP contribution in [0.4, 0.5) is 4.79 Å². The van der Waals surface area contributed by atoms with Crippen LogP contribution in [-0.2, 0) is 14.3 Å². The Balaban J connectivity index is 3.42. The van der Waals surface area contributed by atoms with E-state index < -0.39 is 23.8 Å². The van der Waals surface area contributed by atoms with E-state index in [1.807, 2.05) is 51.3 Å². The van der Waals surface area contributed by atoms with Crippen molar-refractivity contribution < 1.29 is 19.1 Å². The number of nitrogens with zero attached hydrogens (tertiary/aromatic N) is 1. The number of benzene rings is 1. The number of hydrogen-bond donors (Lipinski definition) is 2. The highest BCUT2D eigenvalue weighted by Gasteiger charge is 2.38. The molecule has 0 aliphatic rings. The summed E-state index contributed by atoms with van der Waals surface area (Å²) in [6.07, 6.45) is 4.24. The summed E-state index contributed by atoms with van der Waals surface area (Å²) < 4.78 is 5.43. The molecule has 2 N–H and O–H groups in total. The van der Waals surface area contributed by atoms with E-state index in [4.69, 9.17) is 4.74 Å². The van der Waals surface area contributed by atoms with Crippen molar-refractivity contribution in [1.82, 2.24) is 15.5 Å². The highest BCUT2D eigenvalue weighted by molar-refractivity contribution is 7.98. The third-order valence-corrected chi connectivity index (χ3v) is 6.31. The molecule has 0 spiro atoms. The van der Waals surface area contributed by atoms with Crippen LogP contribution in [-0.4, -0.2) is 59.0 Å². The molecule has 0 aromatic heterocycles. The average molecular weight is 508 g/mol. The number of alkyl carbamates (subject to hydrolysis) is 1. The smallest absolute Gasteiger partial charge is 0.408 e. The summed E-state index contributed by atoms with van der Waals surface area (Å²) in [6.45, 7) is 13.9. The molecule has 0 radical (unpaired) electrons. The minimum absolute atomic E-state index is 0.211. The number of ether oxygens (including phenoxy) is 1. The molecule has 8 heteroatoms. The number of nitrogens with one attached hydrogen (secondary N) is 2. The van der Waals surface area contributed by atoms with Gasteiger partial charge in [0.1, 0.15) is 17.7 Å². The summed E-state index contributed by atoms with van der Waals surface area (Å²) >= 11 is 1.60. The lowest BCUT2D eigenvalue weighted by Crippen LogP contribution is -2.55. The summed E-state index contributed by atoms with van der Waals surface area (Å²) in [4.78, 5) is 41.8. The molecule has 3 unspecified atom stereocenters. The zero-order chi connectivity index (χ0) is 26.6. The van der Waals surface area contributed by atoms with Crippen molar-refractivity contribution in [2.75, 3.05) is 18.6 Å². The Hall–Kier alpha value is -2.22. The summed E-state index contributed by atoms with van der Waals surface area (Å²) in [5.41, 5.74) is 1.14. The maximum absolute atomic E-state index is 14.0. The van der Waals surface area contributed by atoms with E-state index in [9.17, 15) is 14.4 Å². The second kappa shape index (κ2) is 15.0. The Bertz CT molecular complexity index is 808. The number of hydrogen-bond acceptors (Lipinski definition) is 5. The standard InChI is InChI=1S/C27H45N3O4S/c1-9-11-17-28-24(31)23(21-14-12-19(3)13-15-21)30(20(4)10-2)25(32)22(16-18-35-8)29-26(33)34-27(5,6)7/h12-15,20,22-23H,9-11,16-18H2,1-8H3,(H,28,31)(H,29,33). The predicted octanol–water partition coefficient (Wildman–Crippen LogP) is 5.23. The van der Waals surface area contributed by atoms with Gasteiger partial charge in [-0.25, -0.2) is 4.79 Å². The Morgan fingerprint density at radius 3 is 2.26 bits per heavy atom. The van der Waals surface area contributed by atoms with Gasteiger partial charge in [-0.2, -0.15) is 11.8 Å². The van der Waals surface area contributed by atoms with Gasteiger partial charge in [-0.15, -0.1) is 0 Å². The fraction of sp³-hybridized carbons (Fsp3) is 0.667. The van der Waals surface area contributed by atoms with Gasteiger partial charge < -0.3 is 20.3 Å². The highest BCUT2D eigenvalue weighted by Crippen LogP contribution is 2.27. The third-order valence-electron chi connectivity index (χ3n) is 5.67. The Morgan fingerprint density at radius 2 is 1.74 bits per heavy atom. The molecule has 3 amide bonds. The summed E-state index contributed by atoms with van der Waals surface area (Å²) in [6, 6.07) is 5.88. The molecular formula is C27H45N3O4S. The fourth-order valence-electron chi connectivity index (χ4n) is 3.59. The predicted molar refractivity (Wildman–Crippen MR) is 145 cm³/mol. The Labute approximate surface area is 216 Å². The van der Waals surface area contributed by atoms with E-state index in [0.717, 1.165) is 24.0 Å². The molecule has 1 rings (SSSR count).